The van der Waals surface area contributed by atoms with E-state index in [1.165, 1.54) is 0 Å². The minimum atomic E-state index is 0. The molecule has 2 rings (SSSR count). The molecule has 0 aliphatic rings. The van der Waals surface area contributed by atoms with Gasteiger partial charge in [0.05, 0.1) is 6.54 Å². The predicted octanol–water partition coefficient (Wildman–Crippen LogP) is 2.04. The summed E-state index contributed by atoms with van der Waals surface area (Å²) in [5, 5.41) is 10.3. The van der Waals surface area contributed by atoms with E-state index in [4.69, 9.17) is 4.52 Å². The fourth-order valence-electron chi connectivity index (χ4n) is 2.49. The normalized spacial score (nSPS) is 10.9. The van der Waals surface area contributed by atoms with E-state index in [-0.39, 0.29) is 29.9 Å². The van der Waals surface area contributed by atoms with Crippen molar-refractivity contribution < 1.29 is 9.32 Å². The van der Waals surface area contributed by atoms with Crippen molar-refractivity contribution in [3.05, 3.63) is 47.1 Å². The quantitative estimate of drug-likeness (QED) is 0.327. The van der Waals surface area contributed by atoms with Crippen LogP contribution in [0.15, 0.2) is 33.8 Å². The molecule has 1 aromatic heterocycles. The molecule has 8 nitrogen and oxygen atoms in total. The Balaban J connectivity index is 0.00000392. The third-order valence-corrected chi connectivity index (χ3v) is 3.80. The van der Waals surface area contributed by atoms with Gasteiger partial charge < -0.3 is 20.1 Å². The fourth-order valence-corrected chi connectivity index (χ4v) is 2.49. The Morgan fingerprint density at radius 2 is 2.04 bits per heavy atom. The Bertz CT molecular complexity index is 775. The van der Waals surface area contributed by atoms with Crippen LogP contribution in [0.4, 0.5) is 0 Å². The van der Waals surface area contributed by atoms with E-state index in [9.17, 15) is 4.79 Å². The maximum absolute atomic E-state index is 12.1. The van der Waals surface area contributed by atoms with Crippen LogP contribution < -0.4 is 10.6 Å². The van der Waals surface area contributed by atoms with E-state index < -0.39 is 0 Å². The van der Waals surface area contributed by atoms with Crippen LogP contribution in [0.5, 0.6) is 0 Å². The summed E-state index contributed by atoms with van der Waals surface area (Å²) in [5.74, 6) is 1.98. The highest BCUT2D eigenvalue weighted by Gasteiger charge is 2.08. The van der Waals surface area contributed by atoms with E-state index in [1.54, 1.807) is 25.9 Å². The van der Waals surface area contributed by atoms with Gasteiger partial charge in [0, 0.05) is 39.2 Å². The van der Waals surface area contributed by atoms with E-state index in [0.717, 1.165) is 24.5 Å². The van der Waals surface area contributed by atoms with Gasteiger partial charge in [0.25, 0.3) is 5.91 Å². The van der Waals surface area contributed by atoms with Crippen molar-refractivity contribution in [2.45, 2.75) is 26.7 Å². The van der Waals surface area contributed by atoms with Gasteiger partial charge in [-0.2, -0.15) is 4.98 Å². The predicted molar refractivity (Wildman–Crippen MR) is 120 cm³/mol. The largest absolute Gasteiger partial charge is 0.357 e. The fraction of sp³-hybridized carbons (Fsp3) is 0.474. The zero-order valence-corrected chi connectivity index (χ0v) is 19.2. The zero-order chi connectivity index (χ0) is 19.6. The van der Waals surface area contributed by atoms with Crippen molar-refractivity contribution in [1.82, 2.24) is 25.7 Å². The van der Waals surface area contributed by atoms with Crippen LogP contribution in [0.3, 0.4) is 0 Å². The summed E-state index contributed by atoms with van der Waals surface area (Å²) >= 11 is 0. The van der Waals surface area contributed by atoms with Crippen LogP contribution >= 0.6 is 24.0 Å². The van der Waals surface area contributed by atoms with E-state index in [0.29, 0.717) is 36.8 Å². The lowest BCUT2D eigenvalue weighted by atomic mass is 10.1. The van der Waals surface area contributed by atoms with Crippen LogP contribution in [0.25, 0.3) is 0 Å². The van der Waals surface area contributed by atoms with E-state index in [2.05, 4.69) is 25.8 Å². The molecule has 9 heteroatoms. The summed E-state index contributed by atoms with van der Waals surface area (Å²) < 4.78 is 5.09. The van der Waals surface area contributed by atoms with Gasteiger partial charge in [-0.1, -0.05) is 17.3 Å². The average molecular weight is 500 g/mol. The van der Waals surface area contributed by atoms with E-state index >= 15 is 0 Å². The van der Waals surface area contributed by atoms with Gasteiger partial charge >= 0.3 is 0 Å². The molecule has 2 aromatic rings. The van der Waals surface area contributed by atoms with Crippen molar-refractivity contribution in [3.63, 3.8) is 0 Å². The summed E-state index contributed by atoms with van der Waals surface area (Å²) in [5.41, 5.74) is 1.81. The minimum Gasteiger partial charge on any atom is -0.357 e. The number of aromatic nitrogens is 2. The Morgan fingerprint density at radius 1 is 1.25 bits per heavy atom. The standard InChI is InChI=1S/C19H28N6O2.HI/c1-5-20-19(22-12-10-17-23-14(2)24-27-17)21-11-9-15-7-6-8-16(13-15)18(26)25(3)4;/h6-8,13H,5,9-12H2,1-4H3,(H2,20,21,22);1H. The molecule has 0 unspecified atom stereocenters. The average Bonchev–Trinajstić information content (AvgIpc) is 3.06. The van der Waals surface area contributed by atoms with Gasteiger partial charge in [0.2, 0.25) is 5.89 Å². The molecule has 0 fully saturated rings. The summed E-state index contributed by atoms with van der Waals surface area (Å²) in [7, 11) is 3.51. The number of nitrogens with one attached hydrogen (secondary N) is 2. The molecule has 2 N–H and O–H groups in total. The number of hydrogen-bond donors (Lipinski definition) is 2. The molecule has 1 amide bonds. The first-order valence-electron chi connectivity index (χ1n) is 9.11. The van der Waals surface area contributed by atoms with Gasteiger partial charge in [-0.25, -0.2) is 0 Å². The summed E-state index contributed by atoms with van der Waals surface area (Å²) in [6.45, 7) is 5.87. The Hall–Kier alpha value is -2.17. The lowest BCUT2D eigenvalue weighted by Crippen LogP contribution is -2.38. The van der Waals surface area contributed by atoms with Crippen LogP contribution in [0.2, 0.25) is 0 Å². The summed E-state index contributed by atoms with van der Waals surface area (Å²) in [6, 6.07) is 7.71. The third kappa shape index (κ3) is 7.83. The number of guanidine groups is 1. The molecule has 1 heterocycles. The van der Waals surface area contributed by atoms with E-state index in [1.807, 2.05) is 31.2 Å². The first kappa shape index (κ1) is 23.9. The topological polar surface area (TPSA) is 95.6 Å². The molecule has 0 radical (unpaired) electrons. The summed E-state index contributed by atoms with van der Waals surface area (Å²) in [4.78, 5) is 22.3. The van der Waals surface area contributed by atoms with Gasteiger partial charge in [-0.3, -0.25) is 9.79 Å². The van der Waals surface area contributed by atoms with Crippen LogP contribution in [-0.2, 0) is 12.8 Å². The summed E-state index contributed by atoms with van der Waals surface area (Å²) in [6.07, 6.45) is 1.40. The van der Waals surface area contributed by atoms with Crippen molar-refractivity contribution in [2.75, 3.05) is 33.7 Å². The molecular weight excluding hydrogens is 471 g/mol. The molecule has 0 aliphatic carbocycles. The molecule has 154 valence electrons. The number of carbonyl (C=O) groups excluding carboxylic acids is 1. The monoisotopic (exact) mass is 500 g/mol. The number of rotatable bonds is 8. The molecule has 0 bridgehead atoms. The van der Waals surface area contributed by atoms with Crippen molar-refractivity contribution >= 4 is 35.8 Å². The second-order valence-electron chi connectivity index (χ2n) is 6.32. The maximum Gasteiger partial charge on any atom is 0.253 e. The highest BCUT2D eigenvalue weighted by Crippen LogP contribution is 2.07. The molecule has 0 spiro atoms. The number of nitrogens with zero attached hydrogens (tertiary/aromatic N) is 4. The van der Waals surface area contributed by atoms with Crippen LogP contribution in [-0.4, -0.2) is 60.6 Å². The minimum absolute atomic E-state index is 0. The highest BCUT2D eigenvalue weighted by molar-refractivity contribution is 14.0. The van der Waals surface area contributed by atoms with Gasteiger partial charge in [-0.15, -0.1) is 24.0 Å². The number of aryl methyl sites for hydroxylation is 1. The van der Waals surface area contributed by atoms with Gasteiger partial charge in [-0.05, 0) is 38.0 Å². The maximum atomic E-state index is 12.1. The molecular formula is C19H29IN6O2. The zero-order valence-electron chi connectivity index (χ0n) is 16.9. The van der Waals surface area contributed by atoms with Crippen LogP contribution in [0.1, 0.15) is 34.6 Å². The molecule has 0 atom stereocenters. The van der Waals surface area contributed by atoms with Crippen LogP contribution in [0, 0.1) is 6.92 Å². The Kier molecular flexibility index (Phi) is 10.5. The molecule has 1 aromatic carbocycles. The number of amides is 1. The second kappa shape index (κ2) is 12.3. The number of halogens is 1. The molecule has 0 saturated heterocycles. The number of carbonyl (C=O) groups is 1. The Morgan fingerprint density at radius 3 is 2.68 bits per heavy atom. The molecule has 0 aliphatic heterocycles. The SMILES string of the molecule is CCNC(=NCCc1nc(C)no1)NCCc1cccc(C(=O)N(C)C)c1.I. The molecule has 28 heavy (non-hydrogen) atoms. The second-order valence-corrected chi connectivity index (χ2v) is 6.32. The first-order chi connectivity index (χ1) is 13.0. The smallest absolute Gasteiger partial charge is 0.253 e. The lowest BCUT2D eigenvalue weighted by molar-refractivity contribution is 0.0827. The number of aliphatic imine (C=N–C) groups is 1. The number of hydrogen-bond acceptors (Lipinski definition) is 5. The van der Waals surface area contributed by atoms with Gasteiger partial charge in [0.15, 0.2) is 11.8 Å². The van der Waals surface area contributed by atoms with Gasteiger partial charge in [0.1, 0.15) is 0 Å². The number of benzene rings is 1. The van der Waals surface area contributed by atoms with Crippen molar-refractivity contribution in [2.24, 2.45) is 4.99 Å². The van der Waals surface area contributed by atoms with Crippen molar-refractivity contribution in [3.8, 4) is 0 Å². The molecule has 0 saturated carbocycles. The third-order valence-electron chi connectivity index (χ3n) is 3.80. The Labute approximate surface area is 183 Å². The first-order valence-corrected chi connectivity index (χ1v) is 9.11. The highest BCUT2D eigenvalue weighted by atomic mass is 127. The van der Waals surface area contributed by atoms with Crippen molar-refractivity contribution in [1.29, 1.82) is 0 Å². The lowest BCUT2D eigenvalue weighted by Gasteiger charge is -2.13.